The van der Waals surface area contributed by atoms with Crippen molar-refractivity contribution in [3.63, 3.8) is 0 Å². The van der Waals surface area contributed by atoms with E-state index in [-0.39, 0.29) is 18.4 Å². The number of fused-ring (bicyclic) bond motifs is 1. The number of hydrogen-bond acceptors (Lipinski definition) is 5. The van der Waals surface area contributed by atoms with Gasteiger partial charge in [0.05, 0.1) is 17.6 Å². The third kappa shape index (κ3) is 3.17. The zero-order valence-corrected chi connectivity index (χ0v) is 12.6. The van der Waals surface area contributed by atoms with Crippen LogP contribution in [0, 0.1) is 0 Å². The monoisotopic (exact) mass is 323 g/mol. The highest BCUT2D eigenvalue weighted by molar-refractivity contribution is 7.99. The van der Waals surface area contributed by atoms with Crippen molar-refractivity contribution in [1.82, 2.24) is 14.5 Å². The molecule has 1 aliphatic heterocycles. The van der Waals surface area contributed by atoms with Crippen molar-refractivity contribution in [2.45, 2.75) is 11.7 Å². The molecule has 2 aromatic heterocycles. The largest absolute Gasteiger partial charge is 0.369 e. The number of imidazole rings is 1. The summed E-state index contributed by atoms with van der Waals surface area (Å²) in [6.07, 6.45) is 3.36. The number of guanidine groups is 1. The lowest BCUT2D eigenvalue weighted by Gasteiger charge is -2.01. The quantitative estimate of drug-likeness (QED) is 0.499. The Hall–Kier alpha value is -2.06. The highest BCUT2D eigenvalue weighted by Gasteiger charge is 2.22. The van der Waals surface area contributed by atoms with Crippen LogP contribution in [0.3, 0.4) is 0 Å². The van der Waals surface area contributed by atoms with Crippen molar-refractivity contribution in [2.75, 3.05) is 5.75 Å². The Morgan fingerprint density at radius 2 is 2.24 bits per heavy atom. The molecule has 2 aromatic rings. The van der Waals surface area contributed by atoms with Crippen LogP contribution in [0.25, 0.3) is 11.4 Å². The minimum Gasteiger partial charge on any atom is -0.369 e. The van der Waals surface area contributed by atoms with Gasteiger partial charge in [-0.15, -0.1) is 17.5 Å². The second-order valence-electron chi connectivity index (χ2n) is 4.11. The Kier molecular flexibility index (Phi) is 4.81. The molecule has 4 N–H and O–H groups in total. The van der Waals surface area contributed by atoms with Crippen LogP contribution >= 0.6 is 24.2 Å². The molecule has 0 aliphatic carbocycles. The maximum atomic E-state index is 5.27. The van der Waals surface area contributed by atoms with E-state index in [1.54, 1.807) is 24.2 Å². The van der Waals surface area contributed by atoms with Gasteiger partial charge in [-0.3, -0.25) is 4.98 Å². The summed E-state index contributed by atoms with van der Waals surface area (Å²) in [7, 11) is 0. The van der Waals surface area contributed by atoms with Gasteiger partial charge in [0.1, 0.15) is 5.69 Å². The molecule has 3 rings (SSSR count). The average molecular weight is 324 g/mol. The van der Waals surface area contributed by atoms with Gasteiger partial charge in [0.2, 0.25) is 5.96 Å². The van der Waals surface area contributed by atoms with Gasteiger partial charge in [0.25, 0.3) is 0 Å². The van der Waals surface area contributed by atoms with E-state index in [0.717, 1.165) is 34.5 Å². The number of hydrogen-bond donors (Lipinski definition) is 2. The van der Waals surface area contributed by atoms with Crippen LogP contribution in [0.1, 0.15) is 5.69 Å². The third-order valence-electron chi connectivity index (χ3n) is 2.78. The molecule has 0 bridgehead atoms. The first kappa shape index (κ1) is 15.3. The SMILES string of the molecule is Cl.NC(N)=N/N=C/c1c(-c2ccccn2)nc2n1CCS2. The lowest BCUT2D eigenvalue weighted by Crippen LogP contribution is -2.21. The van der Waals surface area contributed by atoms with Crippen LogP contribution in [0.2, 0.25) is 0 Å². The van der Waals surface area contributed by atoms with Crippen LogP contribution in [-0.2, 0) is 6.54 Å². The van der Waals surface area contributed by atoms with Crippen molar-refractivity contribution < 1.29 is 0 Å². The van der Waals surface area contributed by atoms with Gasteiger partial charge in [-0.1, -0.05) is 17.8 Å². The second-order valence-corrected chi connectivity index (χ2v) is 5.17. The highest BCUT2D eigenvalue weighted by Crippen LogP contribution is 2.31. The molecule has 3 heterocycles. The molecule has 0 unspecified atom stereocenters. The molecular weight excluding hydrogens is 310 g/mol. The van der Waals surface area contributed by atoms with Gasteiger partial charge < -0.3 is 16.0 Å². The maximum Gasteiger partial charge on any atom is 0.211 e. The molecule has 0 radical (unpaired) electrons. The third-order valence-corrected chi connectivity index (χ3v) is 3.74. The molecule has 7 nitrogen and oxygen atoms in total. The Balaban J connectivity index is 0.00000161. The van der Waals surface area contributed by atoms with Gasteiger partial charge in [-0.2, -0.15) is 5.10 Å². The average Bonchev–Trinajstić information content (AvgIpc) is 3.01. The summed E-state index contributed by atoms with van der Waals surface area (Å²) in [5, 5.41) is 8.49. The Morgan fingerprint density at radius 3 is 2.95 bits per heavy atom. The van der Waals surface area contributed by atoms with E-state index in [1.165, 1.54) is 0 Å². The van der Waals surface area contributed by atoms with Crippen molar-refractivity contribution >= 4 is 36.3 Å². The minimum atomic E-state index is -0.0730. The summed E-state index contributed by atoms with van der Waals surface area (Å²) >= 11 is 1.71. The molecule has 0 spiro atoms. The maximum absolute atomic E-state index is 5.27. The number of nitrogens with two attached hydrogens (primary N) is 2. The predicted molar refractivity (Wildman–Crippen MR) is 86.8 cm³/mol. The van der Waals surface area contributed by atoms with Gasteiger partial charge in [0, 0.05) is 18.5 Å². The van der Waals surface area contributed by atoms with Gasteiger partial charge in [-0.25, -0.2) is 4.98 Å². The van der Waals surface area contributed by atoms with E-state index in [2.05, 4.69) is 24.7 Å². The lowest BCUT2D eigenvalue weighted by molar-refractivity contribution is 0.715. The fourth-order valence-corrected chi connectivity index (χ4v) is 2.93. The highest BCUT2D eigenvalue weighted by atomic mass is 35.5. The van der Waals surface area contributed by atoms with E-state index in [0.29, 0.717) is 0 Å². The first-order valence-electron chi connectivity index (χ1n) is 6.02. The first-order valence-corrected chi connectivity index (χ1v) is 7.01. The van der Waals surface area contributed by atoms with E-state index >= 15 is 0 Å². The summed E-state index contributed by atoms with van der Waals surface area (Å²) in [5.41, 5.74) is 13.0. The van der Waals surface area contributed by atoms with Gasteiger partial charge in [0.15, 0.2) is 5.16 Å². The zero-order chi connectivity index (χ0) is 13.9. The fourth-order valence-electron chi connectivity index (χ4n) is 1.97. The van der Waals surface area contributed by atoms with E-state index in [4.69, 9.17) is 11.5 Å². The molecule has 0 amide bonds. The molecule has 0 atom stereocenters. The number of pyridine rings is 1. The lowest BCUT2D eigenvalue weighted by atomic mass is 10.2. The van der Waals surface area contributed by atoms with Crippen LogP contribution in [0.4, 0.5) is 0 Å². The Labute approximate surface area is 132 Å². The summed E-state index contributed by atoms with van der Waals surface area (Å²) in [6.45, 7) is 0.892. The summed E-state index contributed by atoms with van der Waals surface area (Å²) in [4.78, 5) is 8.95. The summed E-state index contributed by atoms with van der Waals surface area (Å²) < 4.78 is 2.10. The van der Waals surface area contributed by atoms with Crippen molar-refractivity contribution in [1.29, 1.82) is 0 Å². The Bertz CT molecular complexity index is 676. The van der Waals surface area contributed by atoms with E-state index in [9.17, 15) is 0 Å². The smallest absolute Gasteiger partial charge is 0.211 e. The topological polar surface area (TPSA) is 107 Å². The molecule has 9 heteroatoms. The van der Waals surface area contributed by atoms with Gasteiger partial charge in [-0.05, 0) is 12.1 Å². The molecule has 0 fully saturated rings. The number of aromatic nitrogens is 3. The van der Waals surface area contributed by atoms with E-state index in [1.807, 2.05) is 18.2 Å². The second kappa shape index (κ2) is 6.59. The molecule has 21 heavy (non-hydrogen) atoms. The summed E-state index contributed by atoms with van der Waals surface area (Å²) in [6, 6.07) is 5.71. The fraction of sp³-hybridized carbons (Fsp3) is 0.167. The molecular formula is C12H14ClN7S. The number of rotatable bonds is 3. The predicted octanol–water partition coefficient (Wildman–Crippen LogP) is 1.08. The molecule has 0 saturated carbocycles. The van der Waals surface area contributed by atoms with Crippen molar-refractivity contribution in [2.24, 2.45) is 21.7 Å². The number of thioether (sulfide) groups is 1. The standard InChI is InChI=1S/C12H13N7S.ClH/c13-11(14)18-16-7-9-10(8-3-1-2-4-15-8)17-12-19(9)5-6-20-12;/h1-4,7H,5-6H2,(H4,13,14,18);1H/b16-7+;. The first-order chi connectivity index (χ1) is 9.75. The Morgan fingerprint density at radius 1 is 1.38 bits per heavy atom. The van der Waals surface area contributed by atoms with E-state index < -0.39 is 0 Å². The van der Waals surface area contributed by atoms with Crippen LogP contribution in [0.15, 0.2) is 39.8 Å². The van der Waals surface area contributed by atoms with Crippen LogP contribution in [-0.4, -0.2) is 32.5 Å². The zero-order valence-electron chi connectivity index (χ0n) is 11.0. The van der Waals surface area contributed by atoms with Crippen molar-refractivity contribution in [3.05, 3.63) is 30.1 Å². The minimum absolute atomic E-state index is 0. The molecule has 1 aliphatic rings. The van der Waals surface area contributed by atoms with Crippen LogP contribution in [0.5, 0.6) is 0 Å². The molecule has 0 saturated heterocycles. The molecule has 0 aromatic carbocycles. The van der Waals surface area contributed by atoms with Gasteiger partial charge >= 0.3 is 0 Å². The van der Waals surface area contributed by atoms with Crippen molar-refractivity contribution in [3.8, 4) is 11.4 Å². The number of halogens is 1. The summed E-state index contributed by atoms with van der Waals surface area (Å²) in [5.74, 6) is 0.935. The normalized spacial score (nSPS) is 13.0. The number of nitrogens with zero attached hydrogens (tertiary/aromatic N) is 5. The molecule has 110 valence electrons. The van der Waals surface area contributed by atoms with Crippen LogP contribution < -0.4 is 11.5 Å².